The zero-order chi connectivity index (χ0) is 45.7. The summed E-state index contributed by atoms with van der Waals surface area (Å²) < 4.78 is 92.8. The third-order valence-electron chi connectivity index (χ3n) is 13.1. The molecule has 4 fully saturated rings. The predicted molar refractivity (Wildman–Crippen MR) is 230 cm³/mol. The minimum absolute atomic E-state index is 0.108. The Morgan fingerprint density at radius 1 is 0.954 bits per heavy atom. The van der Waals surface area contributed by atoms with Crippen LogP contribution in [-0.4, -0.2) is 90.9 Å². The number of alkyl halides is 3. The molecule has 4 heterocycles. The molecule has 3 N–H and O–H groups in total. The van der Waals surface area contributed by atoms with Crippen molar-refractivity contribution in [2.45, 2.75) is 125 Å². The second-order valence-corrected chi connectivity index (χ2v) is 19.7. The lowest BCUT2D eigenvalue weighted by Crippen LogP contribution is -2.58. The first kappa shape index (κ1) is 44.4. The van der Waals surface area contributed by atoms with Gasteiger partial charge in [0.25, 0.3) is 5.91 Å². The van der Waals surface area contributed by atoms with Gasteiger partial charge in [-0.3, -0.25) is 19.1 Å². The summed E-state index contributed by atoms with van der Waals surface area (Å²) >= 11 is 0. The van der Waals surface area contributed by atoms with Crippen LogP contribution in [0, 0.1) is 5.92 Å². The van der Waals surface area contributed by atoms with E-state index in [9.17, 15) is 40.8 Å². The molecule has 1 saturated heterocycles. The number of pyridine rings is 1. The van der Waals surface area contributed by atoms with Crippen molar-refractivity contribution in [3.8, 4) is 22.8 Å². The van der Waals surface area contributed by atoms with E-state index in [4.69, 9.17) is 23.6 Å². The number of furan rings is 1. The summed E-state index contributed by atoms with van der Waals surface area (Å²) in [5.41, 5.74) is -0.923. The second-order valence-electron chi connectivity index (χ2n) is 17.7. The van der Waals surface area contributed by atoms with Crippen molar-refractivity contribution in [3.63, 3.8) is 0 Å². The zero-order valence-corrected chi connectivity index (χ0v) is 36.5. The summed E-state index contributed by atoms with van der Waals surface area (Å²) in [6.07, 6.45) is 4.29. The number of allylic oxidation sites excluding steroid dienone is 1. The Labute approximate surface area is 372 Å². The normalized spacial score (nSPS) is 26.1. The number of alkyl carbamates (subject to hydrolysis) is 1. The van der Waals surface area contributed by atoms with Crippen LogP contribution in [0.25, 0.3) is 33.3 Å². The van der Waals surface area contributed by atoms with E-state index >= 15 is 0 Å². The lowest BCUT2D eigenvalue weighted by Gasteiger charge is -2.30. The van der Waals surface area contributed by atoms with Crippen molar-refractivity contribution >= 4 is 55.9 Å². The highest BCUT2D eigenvalue weighted by Crippen LogP contribution is 2.46. The molecule has 2 aromatic heterocycles. The molecule has 5 aliphatic rings. The largest absolute Gasteiger partial charge is 0.497 e. The van der Waals surface area contributed by atoms with Crippen LogP contribution in [-0.2, 0) is 35.3 Å². The van der Waals surface area contributed by atoms with Crippen molar-refractivity contribution in [2.24, 2.45) is 5.92 Å². The molecule has 2 aliphatic heterocycles. The summed E-state index contributed by atoms with van der Waals surface area (Å²) in [6.45, 7) is -0.168. The van der Waals surface area contributed by atoms with Gasteiger partial charge in [0.15, 0.2) is 11.3 Å². The van der Waals surface area contributed by atoms with Gasteiger partial charge in [-0.15, -0.1) is 0 Å². The minimum Gasteiger partial charge on any atom is -0.497 e. The number of sulfonamides is 1. The topological polar surface area (TPSA) is 195 Å². The number of aromatic nitrogens is 1. The van der Waals surface area contributed by atoms with E-state index in [2.05, 4.69) is 15.4 Å². The fourth-order valence-corrected chi connectivity index (χ4v) is 10.6. The summed E-state index contributed by atoms with van der Waals surface area (Å²) in [4.78, 5) is 62.8. The standard InChI is InChI=1S/C46H50F3N5O10S/c1-61-30-17-20-33-37(22-30)64-40-38(23-35(50-39(33)40)26-13-15-27(16-14-26)46(47,48)49)62-31-21-36-41(55)52-45(43(57)53-65(59,60)32-18-19-32)24-28(45)9-5-3-2-4-6-12-34(42(56)54(36)25-31)51-44(58)63-29-10-7-8-11-29/h5,9,13-17,20,22-23,28-29,31-32,34,36H,2-4,6-8,10-12,18-19,21,24-25H2,1H3,(H,51,58)(H,52,55)(H,53,57)/b9-5-/t28-,31+,34-,36-,45+/m0/s1. The zero-order valence-electron chi connectivity index (χ0n) is 35.7. The van der Waals surface area contributed by atoms with Crippen LogP contribution in [0.3, 0.4) is 0 Å². The first-order valence-corrected chi connectivity index (χ1v) is 23.7. The lowest BCUT2D eigenvalue weighted by molar-refractivity contribution is -0.141. The average Bonchev–Trinajstić information content (AvgIpc) is 4.09. The molecule has 9 rings (SSSR count). The number of fused-ring (bicyclic) bond motifs is 5. The number of carbonyl (C=O) groups excluding carboxylic acids is 4. The Morgan fingerprint density at radius 3 is 2.43 bits per heavy atom. The fraction of sp³-hybridized carbons (Fsp3) is 0.500. The van der Waals surface area contributed by atoms with Crippen LogP contribution >= 0.6 is 0 Å². The van der Waals surface area contributed by atoms with Gasteiger partial charge in [-0.25, -0.2) is 18.2 Å². The van der Waals surface area contributed by atoms with Crippen LogP contribution in [0.2, 0.25) is 0 Å². The number of amides is 4. The molecule has 3 aliphatic carbocycles. The van der Waals surface area contributed by atoms with Gasteiger partial charge in [0.2, 0.25) is 21.8 Å². The van der Waals surface area contributed by atoms with Gasteiger partial charge in [0.05, 0.1) is 30.2 Å². The van der Waals surface area contributed by atoms with Crippen molar-refractivity contribution in [1.29, 1.82) is 0 Å². The number of carbonyl (C=O) groups is 4. The number of benzene rings is 2. The second kappa shape index (κ2) is 17.5. The molecule has 0 unspecified atom stereocenters. The SMILES string of the molecule is COc1ccc2c(c1)oc1c(O[C@@H]3C[C@H]4C(=O)N[C@]5(C(=O)NS(=O)(=O)C6CC6)C[C@@H]5/C=C\CCCCC[C@H](NC(=O)OC5CCCC5)C(=O)N4C3)cc(-c3ccc(C(F)(F)F)cc3)nc12. The number of nitrogens with one attached hydrogen (secondary N) is 3. The van der Waals surface area contributed by atoms with E-state index in [1.165, 1.54) is 30.2 Å². The van der Waals surface area contributed by atoms with Gasteiger partial charge in [-0.1, -0.05) is 37.1 Å². The average molecular weight is 922 g/mol. The highest BCUT2D eigenvalue weighted by atomic mass is 32.2. The quantitative estimate of drug-likeness (QED) is 0.145. The molecule has 346 valence electrons. The first-order chi connectivity index (χ1) is 31.1. The molecule has 4 aromatic rings. The van der Waals surface area contributed by atoms with Crippen molar-refractivity contribution in [3.05, 3.63) is 66.2 Å². The van der Waals surface area contributed by atoms with Gasteiger partial charge in [0.1, 0.15) is 46.7 Å². The fourth-order valence-electron chi connectivity index (χ4n) is 9.24. The number of hydrogen-bond donors (Lipinski definition) is 3. The Kier molecular flexibility index (Phi) is 11.9. The van der Waals surface area contributed by atoms with Crippen LogP contribution < -0.4 is 24.8 Å². The van der Waals surface area contributed by atoms with E-state index in [0.29, 0.717) is 72.7 Å². The Bertz CT molecular complexity index is 2640. The highest BCUT2D eigenvalue weighted by molar-refractivity contribution is 7.91. The van der Waals surface area contributed by atoms with Crippen molar-refractivity contribution in [1.82, 2.24) is 25.2 Å². The number of nitrogens with zero attached hydrogens (tertiary/aromatic N) is 2. The molecule has 65 heavy (non-hydrogen) atoms. The van der Waals surface area contributed by atoms with E-state index < -0.39 is 80.5 Å². The molecule has 0 bridgehead atoms. The van der Waals surface area contributed by atoms with Crippen molar-refractivity contribution < 1.29 is 59.4 Å². The van der Waals surface area contributed by atoms with Crippen LogP contribution in [0.15, 0.2) is 65.1 Å². The van der Waals surface area contributed by atoms with Gasteiger partial charge in [-0.2, -0.15) is 13.2 Å². The maximum Gasteiger partial charge on any atom is 0.416 e. The molecule has 0 spiro atoms. The van der Waals surface area contributed by atoms with E-state index in [1.807, 2.05) is 12.2 Å². The lowest BCUT2D eigenvalue weighted by atomic mass is 10.0. The van der Waals surface area contributed by atoms with E-state index in [1.54, 1.807) is 18.2 Å². The van der Waals surface area contributed by atoms with Gasteiger partial charge in [-0.05, 0) is 88.5 Å². The molecule has 2 aromatic carbocycles. The number of methoxy groups -OCH3 is 1. The summed E-state index contributed by atoms with van der Waals surface area (Å²) in [5, 5.41) is 5.51. The number of halogens is 3. The number of rotatable bonds is 9. The molecule has 4 amide bonds. The third kappa shape index (κ3) is 9.33. The molecule has 15 nitrogen and oxygen atoms in total. The minimum atomic E-state index is -4.56. The summed E-state index contributed by atoms with van der Waals surface area (Å²) in [6, 6.07) is 8.78. The molecule has 3 saturated carbocycles. The Morgan fingerprint density at radius 2 is 1.71 bits per heavy atom. The molecule has 5 atom stereocenters. The van der Waals surface area contributed by atoms with Gasteiger partial charge in [0, 0.05) is 35.4 Å². The smallest absolute Gasteiger partial charge is 0.416 e. The summed E-state index contributed by atoms with van der Waals surface area (Å²) in [5.74, 6) is -2.04. The Balaban J connectivity index is 1.07. The van der Waals surface area contributed by atoms with Crippen LogP contribution in [0.1, 0.15) is 89.0 Å². The molecule has 0 radical (unpaired) electrons. The first-order valence-electron chi connectivity index (χ1n) is 22.2. The van der Waals surface area contributed by atoms with Crippen molar-refractivity contribution in [2.75, 3.05) is 13.7 Å². The number of ether oxygens (including phenoxy) is 3. The maximum absolute atomic E-state index is 14.8. The molecular weight excluding hydrogens is 872 g/mol. The highest BCUT2D eigenvalue weighted by Gasteiger charge is 2.62. The van der Waals surface area contributed by atoms with Crippen LogP contribution in [0.4, 0.5) is 18.0 Å². The third-order valence-corrected chi connectivity index (χ3v) is 14.9. The van der Waals surface area contributed by atoms with Crippen LogP contribution in [0.5, 0.6) is 11.5 Å². The van der Waals surface area contributed by atoms with Gasteiger partial charge < -0.3 is 34.2 Å². The predicted octanol–water partition coefficient (Wildman–Crippen LogP) is 7.06. The molecule has 19 heteroatoms. The molecular formula is C46H50F3N5O10S. The Hall–Kier alpha value is -5.85. The maximum atomic E-state index is 14.8. The number of hydrogen-bond acceptors (Lipinski definition) is 11. The van der Waals surface area contributed by atoms with Gasteiger partial charge >= 0.3 is 12.3 Å². The summed E-state index contributed by atoms with van der Waals surface area (Å²) in [7, 11) is -2.48. The van der Waals surface area contributed by atoms with E-state index in [0.717, 1.165) is 31.4 Å². The van der Waals surface area contributed by atoms with E-state index in [-0.39, 0.29) is 48.9 Å². The monoisotopic (exact) mass is 921 g/mol.